The highest BCUT2D eigenvalue weighted by molar-refractivity contribution is 7.09. The van der Waals surface area contributed by atoms with Gasteiger partial charge in [0.2, 0.25) is 5.89 Å². The van der Waals surface area contributed by atoms with Crippen LogP contribution < -0.4 is 0 Å². The zero-order valence-electron chi connectivity index (χ0n) is 17.1. The minimum absolute atomic E-state index is 0.173. The van der Waals surface area contributed by atoms with Gasteiger partial charge in [0.05, 0.1) is 0 Å². The quantitative estimate of drug-likeness (QED) is 0.512. The van der Waals surface area contributed by atoms with Crippen LogP contribution in [0.25, 0.3) is 0 Å². The molecule has 1 aromatic carbocycles. The Kier molecular flexibility index (Phi) is 6.40. The number of halogens is 1. The average Bonchev–Trinajstić information content (AvgIpc) is 3.37. The standard InChI is InChI=1S/C23H28FN3OS/c1-27(2)23(18-9-11-19(24)12-10-18)17-7-5-16(6-8-17)14-22-25-21(26-28-22)15-20-4-3-13-29-20/h3-4,9-13,16-17,23H,5-8,14-15H2,1-2H3. The highest BCUT2D eigenvalue weighted by Crippen LogP contribution is 2.40. The summed E-state index contributed by atoms with van der Waals surface area (Å²) >= 11 is 1.72. The summed E-state index contributed by atoms with van der Waals surface area (Å²) in [5.41, 5.74) is 1.20. The molecule has 0 saturated heterocycles. The van der Waals surface area contributed by atoms with Crippen molar-refractivity contribution >= 4 is 11.3 Å². The third-order valence-electron chi connectivity index (χ3n) is 5.99. The number of nitrogens with zero attached hydrogens (tertiary/aromatic N) is 3. The van der Waals surface area contributed by atoms with Gasteiger partial charge in [-0.3, -0.25) is 0 Å². The van der Waals surface area contributed by atoms with Crippen LogP contribution in [0.2, 0.25) is 0 Å². The average molecular weight is 414 g/mol. The van der Waals surface area contributed by atoms with Gasteiger partial charge in [-0.05, 0) is 80.8 Å². The second-order valence-electron chi connectivity index (χ2n) is 8.31. The molecule has 2 heterocycles. The Morgan fingerprint density at radius 2 is 1.90 bits per heavy atom. The van der Waals surface area contributed by atoms with Crippen LogP contribution in [0.4, 0.5) is 4.39 Å². The third-order valence-corrected chi connectivity index (χ3v) is 6.87. The van der Waals surface area contributed by atoms with Crippen LogP contribution in [0.1, 0.15) is 53.9 Å². The van der Waals surface area contributed by atoms with Gasteiger partial charge < -0.3 is 9.42 Å². The number of hydrogen-bond acceptors (Lipinski definition) is 5. The SMILES string of the molecule is CN(C)C(c1ccc(F)cc1)C1CCC(Cc2nc(Cc3cccs3)no2)CC1. The van der Waals surface area contributed by atoms with Crippen molar-refractivity contribution in [3.05, 3.63) is 69.8 Å². The Balaban J connectivity index is 1.33. The molecule has 1 atom stereocenters. The molecule has 1 aliphatic carbocycles. The molecule has 154 valence electrons. The van der Waals surface area contributed by atoms with Crippen LogP contribution in [0.5, 0.6) is 0 Å². The van der Waals surface area contributed by atoms with Crippen molar-refractivity contribution < 1.29 is 8.91 Å². The summed E-state index contributed by atoms with van der Waals surface area (Å²) < 4.78 is 18.8. The van der Waals surface area contributed by atoms with Gasteiger partial charge in [-0.25, -0.2) is 4.39 Å². The van der Waals surface area contributed by atoms with Crippen molar-refractivity contribution in [2.45, 2.75) is 44.6 Å². The van der Waals surface area contributed by atoms with E-state index in [1.807, 2.05) is 18.2 Å². The number of rotatable bonds is 7. The third kappa shape index (κ3) is 5.11. The largest absolute Gasteiger partial charge is 0.339 e. The smallest absolute Gasteiger partial charge is 0.226 e. The van der Waals surface area contributed by atoms with Crippen molar-refractivity contribution in [1.29, 1.82) is 0 Å². The number of aromatic nitrogens is 2. The first kappa shape index (κ1) is 20.2. The fourth-order valence-electron chi connectivity index (χ4n) is 4.62. The number of thiophene rings is 1. The number of hydrogen-bond donors (Lipinski definition) is 0. The van der Waals surface area contributed by atoms with Crippen molar-refractivity contribution in [1.82, 2.24) is 15.0 Å². The van der Waals surface area contributed by atoms with E-state index >= 15 is 0 Å². The molecule has 0 N–H and O–H groups in total. The zero-order valence-corrected chi connectivity index (χ0v) is 17.9. The molecule has 3 aromatic rings. The number of benzene rings is 1. The predicted molar refractivity (Wildman–Crippen MR) is 113 cm³/mol. The van der Waals surface area contributed by atoms with Crippen molar-refractivity contribution in [2.24, 2.45) is 11.8 Å². The predicted octanol–water partition coefficient (Wildman–Crippen LogP) is 5.51. The molecular formula is C23H28FN3OS. The van der Waals surface area contributed by atoms with Gasteiger partial charge in [0.25, 0.3) is 0 Å². The molecular weight excluding hydrogens is 385 g/mol. The Morgan fingerprint density at radius 1 is 1.14 bits per heavy atom. The maximum atomic E-state index is 13.3. The van der Waals surface area contributed by atoms with E-state index in [-0.39, 0.29) is 5.82 Å². The summed E-state index contributed by atoms with van der Waals surface area (Å²) in [6, 6.07) is 11.5. The highest BCUT2D eigenvalue weighted by atomic mass is 32.1. The van der Waals surface area contributed by atoms with Crippen LogP contribution in [-0.2, 0) is 12.8 Å². The van der Waals surface area contributed by atoms with Crippen molar-refractivity contribution in [3.63, 3.8) is 0 Å². The van der Waals surface area contributed by atoms with E-state index in [1.54, 1.807) is 23.5 Å². The normalized spacial score (nSPS) is 20.8. The van der Waals surface area contributed by atoms with Gasteiger partial charge >= 0.3 is 0 Å². The lowest BCUT2D eigenvalue weighted by Crippen LogP contribution is -2.30. The Hall–Kier alpha value is -2.05. The fraction of sp³-hybridized carbons (Fsp3) is 0.478. The monoisotopic (exact) mass is 413 g/mol. The topological polar surface area (TPSA) is 42.2 Å². The maximum absolute atomic E-state index is 13.3. The van der Waals surface area contributed by atoms with Crippen molar-refractivity contribution in [3.8, 4) is 0 Å². The molecule has 1 saturated carbocycles. The molecule has 4 nitrogen and oxygen atoms in total. The second-order valence-corrected chi connectivity index (χ2v) is 9.34. The molecule has 2 aromatic heterocycles. The Labute approximate surface area is 175 Å². The Bertz CT molecular complexity index is 883. The van der Waals surface area contributed by atoms with Crippen molar-refractivity contribution in [2.75, 3.05) is 14.1 Å². The van der Waals surface area contributed by atoms with Gasteiger partial charge in [-0.1, -0.05) is 23.4 Å². The van der Waals surface area contributed by atoms with E-state index < -0.39 is 0 Å². The molecule has 1 aliphatic rings. The van der Waals surface area contributed by atoms with Crippen LogP contribution in [0, 0.1) is 17.7 Å². The summed E-state index contributed by atoms with van der Waals surface area (Å²) in [5.74, 6) is 2.55. The lowest BCUT2D eigenvalue weighted by molar-refractivity contribution is 0.146. The van der Waals surface area contributed by atoms with Crippen LogP contribution in [0.15, 0.2) is 46.3 Å². The summed E-state index contributed by atoms with van der Waals surface area (Å²) in [7, 11) is 4.24. The summed E-state index contributed by atoms with van der Waals surface area (Å²) in [4.78, 5) is 8.13. The molecule has 0 radical (unpaired) electrons. The summed E-state index contributed by atoms with van der Waals surface area (Å²) in [5, 5.41) is 6.22. The molecule has 6 heteroatoms. The summed E-state index contributed by atoms with van der Waals surface area (Å²) in [6.45, 7) is 0. The minimum Gasteiger partial charge on any atom is -0.339 e. The molecule has 1 fully saturated rings. The van der Waals surface area contributed by atoms with Gasteiger partial charge in [0, 0.05) is 23.8 Å². The van der Waals surface area contributed by atoms with Crippen LogP contribution in [0.3, 0.4) is 0 Å². The molecule has 0 bridgehead atoms. The highest BCUT2D eigenvalue weighted by Gasteiger charge is 2.30. The van der Waals surface area contributed by atoms with E-state index in [2.05, 4.69) is 40.6 Å². The summed E-state index contributed by atoms with van der Waals surface area (Å²) in [6.07, 6.45) is 6.28. The van der Waals surface area contributed by atoms with E-state index in [0.29, 0.717) is 17.9 Å². The van der Waals surface area contributed by atoms with Crippen LogP contribution >= 0.6 is 11.3 Å². The van der Waals surface area contributed by atoms with E-state index in [4.69, 9.17) is 4.52 Å². The molecule has 0 aliphatic heterocycles. The van der Waals surface area contributed by atoms with Gasteiger partial charge in [-0.15, -0.1) is 11.3 Å². The Morgan fingerprint density at radius 3 is 2.55 bits per heavy atom. The van der Waals surface area contributed by atoms with Gasteiger partial charge in [0.15, 0.2) is 5.82 Å². The molecule has 1 unspecified atom stereocenters. The lowest BCUT2D eigenvalue weighted by Gasteiger charge is -2.37. The minimum atomic E-state index is -0.173. The fourth-order valence-corrected chi connectivity index (χ4v) is 5.32. The van der Waals surface area contributed by atoms with Crippen LogP contribution in [-0.4, -0.2) is 29.1 Å². The zero-order chi connectivity index (χ0) is 20.2. The van der Waals surface area contributed by atoms with E-state index in [1.165, 1.54) is 36.1 Å². The molecule has 0 spiro atoms. The first-order valence-corrected chi connectivity index (χ1v) is 11.2. The maximum Gasteiger partial charge on any atom is 0.226 e. The second kappa shape index (κ2) is 9.18. The van der Waals surface area contributed by atoms with Gasteiger partial charge in [0.1, 0.15) is 5.82 Å². The molecule has 0 amide bonds. The van der Waals surface area contributed by atoms with E-state index in [9.17, 15) is 4.39 Å². The molecule has 4 rings (SSSR count). The first-order valence-electron chi connectivity index (χ1n) is 10.3. The van der Waals surface area contributed by atoms with Gasteiger partial charge in [-0.2, -0.15) is 4.98 Å². The van der Waals surface area contributed by atoms with E-state index in [0.717, 1.165) is 24.6 Å². The lowest BCUT2D eigenvalue weighted by atomic mass is 9.75. The molecule has 29 heavy (non-hydrogen) atoms. The first-order chi connectivity index (χ1) is 14.1.